The zero-order chi connectivity index (χ0) is 10.7. The molecule has 1 aliphatic heterocycles. The summed E-state index contributed by atoms with van der Waals surface area (Å²) in [7, 11) is 1.63. The van der Waals surface area contributed by atoms with Gasteiger partial charge in [-0.3, -0.25) is 0 Å². The monoisotopic (exact) mass is 200 g/mol. The molecule has 3 nitrogen and oxygen atoms in total. The van der Waals surface area contributed by atoms with Crippen LogP contribution in [0.5, 0.6) is 5.75 Å². The predicted molar refractivity (Wildman–Crippen MR) is 59.1 cm³/mol. The van der Waals surface area contributed by atoms with Gasteiger partial charge >= 0.3 is 0 Å². The van der Waals surface area contributed by atoms with Crippen molar-refractivity contribution in [3.8, 4) is 11.8 Å². The van der Waals surface area contributed by atoms with Gasteiger partial charge in [-0.15, -0.1) is 0 Å². The normalized spacial score (nSPS) is 14.0. The number of rotatable bonds is 2. The zero-order valence-electron chi connectivity index (χ0n) is 8.60. The first-order valence-electron chi connectivity index (χ1n) is 4.84. The second-order valence-corrected chi connectivity index (χ2v) is 3.34. The number of methoxy groups -OCH3 is 1. The third kappa shape index (κ3) is 1.66. The van der Waals surface area contributed by atoms with Crippen molar-refractivity contribution in [2.24, 2.45) is 0 Å². The number of ether oxygens (including phenoxy) is 1. The van der Waals surface area contributed by atoms with Crippen LogP contribution in [0.3, 0.4) is 0 Å². The van der Waals surface area contributed by atoms with Crippen molar-refractivity contribution in [3.05, 3.63) is 35.9 Å². The van der Waals surface area contributed by atoms with E-state index in [1.807, 2.05) is 18.2 Å². The van der Waals surface area contributed by atoms with Gasteiger partial charge in [0.2, 0.25) is 0 Å². The molecule has 0 radical (unpaired) electrons. The Morgan fingerprint density at radius 1 is 1.33 bits per heavy atom. The minimum atomic E-state index is 0.665. The van der Waals surface area contributed by atoms with Gasteiger partial charge < -0.3 is 9.64 Å². The second kappa shape index (κ2) is 4.05. The van der Waals surface area contributed by atoms with Crippen LogP contribution in [0.15, 0.2) is 30.4 Å². The van der Waals surface area contributed by atoms with E-state index in [0.29, 0.717) is 5.56 Å². The molecular weight excluding hydrogens is 188 g/mol. The second-order valence-electron chi connectivity index (χ2n) is 3.34. The van der Waals surface area contributed by atoms with Gasteiger partial charge in [-0.2, -0.15) is 5.26 Å². The first-order chi connectivity index (χ1) is 7.36. The molecule has 0 saturated heterocycles. The van der Waals surface area contributed by atoms with E-state index in [-0.39, 0.29) is 0 Å². The SMILES string of the molecule is COc1cccc(C#N)c1N1CC=CC1. The third-order valence-electron chi connectivity index (χ3n) is 2.47. The molecule has 0 amide bonds. The molecule has 0 aliphatic carbocycles. The molecule has 1 aromatic rings. The number of hydrogen-bond donors (Lipinski definition) is 0. The van der Waals surface area contributed by atoms with E-state index in [4.69, 9.17) is 10.00 Å². The lowest BCUT2D eigenvalue weighted by Crippen LogP contribution is -2.20. The molecule has 0 atom stereocenters. The molecule has 0 bridgehead atoms. The highest BCUT2D eigenvalue weighted by Crippen LogP contribution is 2.32. The molecular formula is C12H12N2O. The Kier molecular flexibility index (Phi) is 2.59. The Morgan fingerprint density at radius 2 is 2.07 bits per heavy atom. The van der Waals surface area contributed by atoms with E-state index in [1.165, 1.54) is 0 Å². The van der Waals surface area contributed by atoms with Crippen LogP contribution < -0.4 is 9.64 Å². The molecule has 76 valence electrons. The summed E-state index contributed by atoms with van der Waals surface area (Å²) in [5.41, 5.74) is 1.56. The summed E-state index contributed by atoms with van der Waals surface area (Å²) in [4.78, 5) is 2.12. The van der Waals surface area contributed by atoms with Crippen LogP contribution in [0.25, 0.3) is 0 Å². The van der Waals surface area contributed by atoms with Crippen molar-refractivity contribution in [2.75, 3.05) is 25.1 Å². The van der Waals surface area contributed by atoms with Crippen molar-refractivity contribution < 1.29 is 4.74 Å². The van der Waals surface area contributed by atoms with Crippen LogP contribution in [0.1, 0.15) is 5.56 Å². The van der Waals surface area contributed by atoms with Crippen molar-refractivity contribution in [2.45, 2.75) is 0 Å². The van der Waals surface area contributed by atoms with Gasteiger partial charge in [-0.25, -0.2) is 0 Å². The van der Waals surface area contributed by atoms with Crippen molar-refractivity contribution in [1.29, 1.82) is 5.26 Å². The molecule has 0 spiro atoms. The molecule has 0 aromatic heterocycles. The molecule has 3 heteroatoms. The Hall–Kier alpha value is -1.95. The quantitative estimate of drug-likeness (QED) is 0.684. The van der Waals surface area contributed by atoms with E-state index in [0.717, 1.165) is 24.5 Å². The molecule has 0 N–H and O–H groups in total. The van der Waals surface area contributed by atoms with Crippen LogP contribution in [0.2, 0.25) is 0 Å². The average molecular weight is 200 g/mol. The van der Waals surface area contributed by atoms with Gasteiger partial charge in [0.1, 0.15) is 11.8 Å². The maximum Gasteiger partial charge on any atom is 0.143 e. The van der Waals surface area contributed by atoms with E-state index < -0.39 is 0 Å². The molecule has 0 unspecified atom stereocenters. The lowest BCUT2D eigenvalue weighted by molar-refractivity contribution is 0.415. The number of anilines is 1. The highest BCUT2D eigenvalue weighted by atomic mass is 16.5. The highest BCUT2D eigenvalue weighted by Gasteiger charge is 2.16. The Morgan fingerprint density at radius 3 is 2.67 bits per heavy atom. The summed E-state index contributed by atoms with van der Waals surface area (Å²) in [6.45, 7) is 1.68. The lowest BCUT2D eigenvalue weighted by atomic mass is 10.1. The van der Waals surface area contributed by atoms with Crippen molar-refractivity contribution in [3.63, 3.8) is 0 Å². The van der Waals surface area contributed by atoms with Crippen LogP contribution in [-0.2, 0) is 0 Å². The van der Waals surface area contributed by atoms with Gasteiger partial charge in [-0.1, -0.05) is 18.2 Å². The summed E-state index contributed by atoms with van der Waals surface area (Å²) in [5, 5.41) is 9.05. The first-order valence-corrected chi connectivity index (χ1v) is 4.84. The highest BCUT2D eigenvalue weighted by molar-refractivity contribution is 5.69. The number of nitriles is 1. The number of para-hydroxylation sites is 1. The topological polar surface area (TPSA) is 36.3 Å². The summed E-state index contributed by atoms with van der Waals surface area (Å²) < 4.78 is 5.28. The Labute approximate surface area is 89.2 Å². The summed E-state index contributed by atoms with van der Waals surface area (Å²) in [5.74, 6) is 0.762. The van der Waals surface area contributed by atoms with E-state index >= 15 is 0 Å². The number of nitrogens with zero attached hydrogens (tertiary/aromatic N) is 2. The number of benzene rings is 1. The number of hydrogen-bond acceptors (Lipinski definition) is 3. The predicted octanol–water partition coefficient (Wildman–Crippen LogP) is 1.94. The van der Waals surface area contributed by atoms with Gasteiger partial charge in [0.25, 0.3) is 0 Å². The summed E-state index contributed by atoms with van der Waals surface area (Å²) >= 11 is 0. The molecule has 0 fully saturated rings. The van der Waals surface area contributed by atoms with Gasteiger partial charge in [0, 0.05) is 13.1 Å². The fourth-order valence-electron chi connectivity index (χ4n) is 1.76. The van der Waals surface area contributed by atoms with Crippen LogP contribution in [0, 0.1) is 11.3 Å². The largest absolute Gasteiger partial charge is 0.495 e. The molecule has 0 saturated carbocycles. The fraction of sp³-hybridized carbons (Fsp3) is 0.250. The molecule has 1 heterocycles. The minimum Gasteiger partial charge on any atom is -0.495 e. The average Bonchev–Trinajstić information content (AvgIpc) is 2.81. The minimum absolute atomic E-state index is 0.665. The Balaban J connectivity index is 2.46. The maximum absolute atomic E-state index is 9.05. The summed E-state index contributed by atoms with van der Waals surface area (Å²) in [6.07, 6.45) is 4.18. The lowest BCUT2D eigenvalue weighted by Gasteiger charge is -2.21. The summed E-state index contributed by atoms with van der Waals surface area (Å²) in [6, 6.07) is 7.73. The van der Waals surface area contributed by atoms with E-state index in [2.05, 4.69) is 23.1 Å². The zero-order valence-corrected chi connectivity index (χ0v) is 8.60. The smallest absolute Gasteiger partial charge is 0.143 e. The third-order valence-corrected chi connectivity index (χ3v) is 2.47. The maximum atomic E-state index is 9.05. The van der Waals surface area contributed by atoms with E-state index in [9.17, 15) is 0 Å². The van der Waals surface area contributed by atoms with Crippen LogP contribution in [-0.4, -0.2) is 20.2 Å². The molecule has 2 rings (SSSR count). The van der Waals surface area contributed by atoms with Crippen LogP contribution in [0.4, 0.5) is 5.69 Å². The van der Waals surface area contributed by atoms with Gasteiger partial charge in [0.15, 0.2) is 0 Å². The molecule has 15 heavy (non-hydrogen) atoms. The van der Waals surface area contributed by atoms with Crippen molar-refractivity contribution >= 4 is 5.69 Å². The van der Waals surface area contributed by atoms with Gasteiger partial charge in [-0.05, 0) is 12.1 Å². The standard InChI is InChI=1S/C12H12N2O/c1-15-11-6-4-5-10(9-13)12(11)14-7-2-3-8-14/h2-6H,7-8H2,1H3. The Bertz CT molecular complexity index is 424. The van der Waals surface area contributed by atoms with Crippen molar-refractivity contribution in [1.82, 2.24) is 0 Å². The molecule has 1 aromatic carbocycles. The van der Waals surface area contributed by atoms with E-state index in [1.54, 1.807) is 7.11 Å². The fourth-order valence-corrected chi connectivity index (χ4v) is 1.76. The van der Waals surface area contributed by atoms with Crippen LogP contribution >= 0.6 is 0 Å². The molecule has 1 aliphatic rings. The first kappa shape index (κ1) is 9.60. The van der Waals surface area contributed by atoms with Gasteiger partial charge in [0.05, 0.1) is 18.4 Å².